The Morgan fingerprint density at radius 2 is 1.83 bits per heavy atom. The van der Waals surface area contributed by atoms with Crippen molar-refractivity contribution in [2.45, 2.75) is 97.4 Å². The molecule has 1 aliphatic heterocycles. The fourth-order valence-corrected chi connectivity index (χ4v) is 11.8. The third-order valence-corrected chi connectivity index (χ3v) is 13.8. The Morgan fingerprint density at radius 1 is 1.22 bits per heavy atom. The molecule has 0 aliphatic carbocycles. The summed E-state index contributed by atoms with van der Waals surface area (Å²) in [5.74, 6) is -0.0243. The van der Waals surface area contributed by atoms with Crippen LogP contribution in [-0.4, -0.2) is 63.3 Å². The van der Waals surface area contributed by atoms with E-state index >= 15 is 0 Å². The highest BCUT2D eigenvalue weighted by Crippen LogP contribution is 2.45. The summed E-state index contributed by atoms with van der Waals surface area (Å²) in [7, 11) is -5.07. The van der Waals surface area contributed by atoms with Crippen molar-refractivity contribution in [3.05, 3.63) is 22.5 Å². The van der Waals surface area contributed by atoms with Crippen molar-refractivity contribution in [1.29, 1.82) is 0 Å². The minimum atomic E-state index is -2.95. The van der Waals surface area contributed by atoms with Gasteiger partial charge in [-0.1, -0.05) is 49.0 Å². The molecule has 1 aliphatic rings. The smallest absolute Gasteiger partial charge is 0.416 e. The van der Waals surface area contributed by atoms with Gasteiger partial charge in [0.2, 0.25) is 0 Å². The third-order valence-electron chi connectivity index (χ3n) is 7.22. The Labute approximate surface area is 214 Å². The van der Waals surface area contributed by atoms with E-state index in [2.05, 4.69) is 56.5 Å². The summed E-state index contributed by atoms with van der Waals surface area (Å²) in [4.78, 5) is 33.0. The molecule has 0 amide bonds. The lowest BCUT2D eigenvalue weighted by Gasteiger charge is -2.42. The van der Waals surface area contributed by atoms with Gasteiger partial charge in [0.1, 0.15) is 5.82 Å². The van der Waals surface area contributed by atoms with Crippen molar-refractivity contribution in [3.8, 4) is 0 Å². The molecule has 2 aromatic heterocycles. The van der Waals surface area contributed by atoms with Gasteiger partial charge in [-0.15, -0.1) is 9.42 Å². The van der Waals surface area contributed by atoms with Gasteiger partial charge < -0.3 is 19.3 Å². The monoisotopic (exact) mass is 545 g/mol. The third kappa shape index (κ3) is 5.80. The van der Waals surface area contributed by atoms with E-state index in [4.69, 9.17) is 13.7 Å². The van der Waals surface area contributed by atoms with Gasteiger partial charge >= 0.3 is 8.25 Å². The maximum absolute atomic E-state index is 12.3. The number of fused-ring (bicyclic) bond motifs is 1. The van der Waals surface area contributed by atoms with Crippen LogP contribution in [0.5, 0.6) is 0 Å². The van der Waals surface area contributed by atoms with E-state index in [9.17, 15) is 19.4 Å². The van der Waals surface area contributed by atoms with Gasteiger partial charge in [0.25, 0.3) is 5.56 Å². The van der Waals surface area contributed by atoms with Gasteiger partial charge in [0.15, 0.2) is 31.8 Å². The van der Waals surface area contributed by atoms with E-state index in [1.807, 2.05) is 0 Å². The van der Waals surface area contributed by atoms with E-state index in [1.165, 1.54) is 10.9 Å². The number of ether oxygens (including phenoxy) is 1. The number of nitrogens with zero attached hydrogens (tertiary/aromatic N) is 3. The number of aryl methyl sites for hydroxylation is 1. The van der Waals surface area contributed by atoms with Gasteiger partial charge in [-0.2, -0.15) is 0 Å². The lowest BCUT2D eigenvalue weighted by Crippen LogP contribution is -2.48. The second-order valence-corrected chi connectivity index (χ2v) is 16.3. The minimum Gasteiger partial charge on any atom is -0.416 e. The number of aliphatic hydroxyl groups is 1. The Hall–Kier alpha value is -1.53. The summed E-state index contributed by atoms with van der Waals surface area (Å²) in [5.41, 5.74) is 1.24. The highest BCUT2D eigenvalue weighted by atomic mass is 31.1. The lowest BCUT2D eigenvalue weighted by molar-refractivity contribution is -0.0455. The maximum Gasteiger partial charge on any atom is 0.695 e. The molecule has 13 heteroatoms. The second kappa shape index (κ2) is 12.3. The molecule has 0 spiro atoms. The molecular formula is C23H42N4O7PSi+. The Bertz CT molecular complexity index is 1070. The Balaban J connectivity index is 0.00000456. The highest BCUT2D eigenvalue weighted by Gasteiger charge is 2.51. The van der Waals surface area contributed by atoms with Crippen LogP contribution in [0.4, 0.5) is 0 Å². The molecule has 0 aromatic carbocycles. The molecular weight excluding hydrogens is 503 g/mol. The number of aromatic nitrogens is 4. The van der Waals surface area contributed by atoms with Gasteiger partial charge in [-0.25, -0.2) is 9.97 Å². The molecule has 3 rings (SSSR count). The van der Waals surface area contributed by atoms with Crippen LogP contribution in [0.25, 0.3) is 11.2 Å². The van der Waals surface area contributed by atoms with E-state index < -0.39 is 46.5 Å². The summed E-state index contributed by atoms with van der Waals surface area (Å²) in [6.45, 7) is 15.0. The zero-order valence-electron chi connectivity index (χ0n) is 21.5. The van der Waals surface area contributed by atoms with Crippen molar-refractivity contribution >= 4 is 27.7 Å². The largest absolute Gasteiger partial charge is 0.695 e. The average Bonchev–Trinajstić information content (AvgIpc) is 3.31. The van der Waals surface area contributed by atoms with Crippen LogP contribution in [-0.2, 0) is 18.3 Å². The first kappa shape index (κ1) is 30.7. The van der Waals surface area contributed by atoms with Crippen molar-refractivity contribution in [1.82, 2.24) is 19.5 Å². The predicted molar refractivity (Wildman–Crippen MR) is 140 cm³/mol. The fourth-order valence-electron chi connectivity index (χ4n) is 5.86. The zero-order chi connectivity index (χ0) is 26.1. The number of hydrogen-bond donors (Lipinski definition) is 3. The van der Waals surface area contributed by atoms with Crippen molar-refractivity contribution in [2.75, 3.05) is 13.2 Å². The summed E-state index contributed by atoms with van der Waals surface area (Å²) >= 11 is 0. The molecule has 2 aromatic rings. The second-order valence-electron chi connectivity index (χ2n) is 10.1. The van der Waals surface area contributed by atoms with Gasteiger partial charge in [0, 0.05) is 17.1 Å². The van der Waals surface area contributed by atoms with Crippen LogP contribution >= 0.6 is 8.25 Å². The molecule has 3 N–H and O–H groups in total. The summed E-state index contributed by atoms with van der Waals surface area (Å²) < 4.78 is 31.5. The number of nitrogens with one attached hydrogen (secondary N) is 1. The number of H-pyrrole nitrogens is 1. The van der Waals surface area contributed by atoms with Crippen LogP contribution in [0.1, 0.15) is 67.4 Å². The number of hydrogen-bond acceptors (Lipinski definition) is 8. The number of imidazole rings is 1. The first-order valence-electron chi connectivity index (χ1n) is 12.1. The molecule has 3 heterocycles. The van der Waals surface area contributed by atoms with Crippen LogP contribution in [0.3, 0.4) is 0 Å². The SMILES string of the molecule is C.Cc1nc2c(ncn2[C@@H]2O[C@H](CO)C(CCO[Si](C(C)C)(C(C)C)C(C)C)[C@@H]2O[P+](=O)O)c(=O)[nH]1. The summed E-state index contributed by atoms with van der Waals surface area (Å²) in [6.07, 6.45) is -0.562. The summed E-state index contributed by atoms with van der Waals surface area (Å²) in [5, 5.41) is 10.1. The fraction of sp³-hybridized carbons (Fsp3) is 0.783. The maximum atomic E-state index is 12.3. The van der Waals surface area contributed by atoms with E-state index in [-0.39, 0.29) is 25.2 Å². The molecule has 5 atom stereocenters. The standard InChI is InChI=1S/C22H37N4O7PSi.CH4/c1-12(2)35(13(3)4,14(5)6)31-9-8-16-17(10-27)32-22(19(16)33-34(29)30)26-11-23-18-20(26)24-15(7)25-21(18)28;/h11-14,16-17,19,22,27H,8-10H2,1-7H3,(H-,24,25,28,29,30);1H4/p+1/t16?,17-,19+,22-;/m1./s1. The number of aromatic amines is 1. The normalized spacial score (nSPS) is 23.2. The zero-order valence-corrected chi connectivity index (χ0v) is 23.4. The van der Waals surface area contributed by atoms with E-state index in [0.717, 1.165) is 0 Å². The van der Waals surface area contributed by atoms with Crippen molar-refractivity contribution in [3.63, 3.8) is 0 Å². The van der Waals surface area contributed by atoms with Gasteiger partial charge in [-0.05, 0) is 30.0 Å². The first-order chi connectivity index (χ1) is 16.4. The molecule has 0 saturated carbocycles. The van der Waals surface area contributed by atoms with Crippen LogP contribution < -0.4 is 5.56 Å². The van der Waals surface area contributed by atoms with E-state index in [1.54, 1.807) is 6.92 Å². The van der Waals surface area contributed by atoms with E-state index in [0.29, 0.717) is 35.5 Å². The molecule has 36 heavy (non-hydrogen) atoms. The molecule has 1 fully saturated rings. The molecule has 1 saturated heterocycles. The molecule has 0 radical (unpaired) electrons. The lowest BCUT2D eigenvalue weighted by atomic mass is 9.95. The topological polar surface area (TPSA) is 149 Å². The first-order valence-corrected chi connectivity index (χ1v) is 15.4. The predicted octanol–water partition coefficient (Wildman–Crippen LogP) is 4.19. The van der Waals surface area contributed by atoms with Gasteiger partial charge in [-0.3, -0.25) is 9.36 Å². The molecule has 2 unspecified atom stereocenters. The number of aliphatic hydroxyl groups excluding tert-OH is 1. The molecule has 204 valence electrons. The van der Waals surface area contributed by atoms with Gasteiger partial charge in [0.05, 0.1) is 19.0 Å². The number of rotatable bonds is 11. The van der Waals surface area contributed by atoms with Crippen molar-refractivity contribution in [2.24, 2.45) is 5.92 Å². The molecule has 11 nitrogen and oxygen atoms in total. The van der Waals surface area contributed by atoms with Crippen LogP contribution in [0, 0.1) is 12.8 Å². The minimum absolute atomic E-state index is 0. The van der Waals surface area contributed by atoms with Crippen molar-refractivity contribution < 1.29 is 28.3 Å². The van der Waals surface area contributed by atoms with Crippen LogP contribution in [0.2, 0.25) is 16.6 Å². The average molecular weight is 546 g/mol. The Kier molecular flexibility index (Phi) is 10.5. The quantitative estimate of drug-likeness (QED) is 0.279. The summed E-state index contributed by atoms with van der Waals surface area (Å²) in [6, 6.07) is 0. The highest BCUT2D eigenvalue weighted by molar-refractivity contribution is 7.32. The Morgan fingerprint density at radius 3 is 2.36 bits per heavy atom. The van der Waals surface area contributed by atoms with Crippen LogP contribution in [0.15, 0.2) is 11.1 Å². The molecule has 0 bridgehead atoms.